The summed E-state index contributed by atoms with van der Waals surface area (Å²) in [4.78, 5) is 31.3. The molecule has 9 heteroatoms. The second-order valence-electron chi connectivity index (χ2n) is 10.6. The Morgan fingerprint density at radius 3 is 2.38 bits per heavy atom. The molecule has 0 aliphatic carbocycles. The van der Waals surface area contributed by atoms with Crippen LogP contribution in [0.4, 0.5) is 4.39 Å². The first-order valence-corrected chi connectivity index (χ1v) is 13.4. The Hall–Kier alpha value is -3.56. The molecule has 1 fully saturated rings. The van der Waals surface area contributed by atoms with Crippen molar-refractivity contribution in [3.63, 3.8) is 0 Å². The number of rotatable bonds is 11. The van der Waals surface area contributed by atoms with E-state index >= 15 is 0 Å². The van der Waals surface area contributed by atoms with E-state index in [1.807, 2.05) is 41.5 Å². The lowest BCUT2D eigenvalue weighted by atomic mass is 9.99. The number of likely N-dealkylation sites (tertiary alicyclic amines) is 1. The maximum atomic E-state index is 13.8. The van der Waals surface area contributed by atoms with Gasteiger partial charge in [-0.15, -0.1) is 0 Å². The summed E-state index contributed by atoms with van der Waals surface area (Å²) in [6, 6.07) is 16.0. The van der Waals surface area contributed by atoms with E-state index in [0.29, 0.717) is 30.2 Å². The van der Waals surface area contributed by atoms with Crippen molar-refractivity contribution in [2.45, 2.75) is 70.1 Å². The molecule has 0 saturated carbocycles. The molecule has 0 bridgehead atoms. The van der Waals surface area contributed by atoms with Gasteiger partial charge in [-0.1, -0.05) is 44.2 Å². The molecule has 0 radical (unpaired) electrons. The zero-order chi connectivity index (χ0) is 28.1. The number of amides is 1. The van der Waals surface area contributed by atoms with E-state index in [1.54, 1.807) is 12.1 Å². The van der Waals surface area contributed by atoms with Crippen LogP contribution in [-0.4, -0.2) is 66.9 Å². The molecule has 1 saturated heterocycles. The monoisotopic (exact) mass is 537 g/mol. The first kappa shape index (κ1) is 28.4. The lowest BCUT2D eigenvalue weighted by Gasteiger charge is -2.20. The van der Waals surface area contributed by atoms with Gasteiger partial charge in [-0.2, -0.15) is 0 Å². The van der Waals surface area contributed by atoms with Crippen molar-refractivity contribution in [3.05, 3.63) is 77.4 Å². The van der Waals surface area contributed by atoms with E-state index in [2.05, 4.69) is 12.1 Å². The zero-order valence-electron chi connectivity index (χ0n) is 22.3. The van der Waals surface area contributed by atoms with E-state index in [0.717, 1.165) is 12.1 Å². The molecule has 1 amide bonds. The van der Waals surface area contributed by atoms with Gasteiger partial charge in [-0.05, 0) is 55.0 Å². The van der Waals surface area contributed by atoms with Crippen LogP contribution in [0.5, 0.6) is 0 Å². The van der Waals surface area contributed by atoms with Gasteiger partial charge in [0.25, 0.3) is 5.91 Å². The molecule has 1 aliphatic rings. The highest BCUT2D eigenvalue weighted by molar-refractivity contribution is 5.94. The normalized spacial score (nSPS) is 17.0. The molecule has 1 aromatic heterocycles. The topological polar surface area (TPSA) is 116 Å². The van der Waals surface area contributed by atoms with Crippen LogP contribution in [0, 0.1) is 5.82 Å². The van der Waals surface area contributed by atoms with E-state index in [1.165, 1.54) is 17.7 Å². The smallest absolute Gasteiger partial charge is 0.305 e. The number of halogens is 1. The van der Waals surface area contributed by atoms with Crippen molar-refractivity contribution < 1.29 is 29.3 Å². The molecule has 1 aliphatic heterocycles. The minimum Gasteiger partial charge on any atom is -0.481 e. The second-order valence-corrected chi connectivity index (χ2v) is 10.6. The van der Waals surface area contributed by atoms with Crippen molar-refractivity contribution in [3.8, 4) is 11.4 Å². The fraction of sp³-hybridized carbons (Fsp3) is 0.433. The summed E-state index contributed by atoms with van der Waals surface area (Å²) in [5, 5.41) is 29.4. The molecule has 2 aromatic carbocycles. The van der Waals surface area contributed by atoms with Crippen LogP contribution in [0.1, 0.15) is 73.1 Å². The third-order valence-electron chi connectivity index (χ3n) is 7.25. The van der Waals surface area contributed by atoms with Gasteiger partial charge < -0.3 is 24.8 Å². The summed E-state index contributed by atoms with van der Waals surface area (Å²) in [5.41, 5.74) is 2.91. The van der Waals surface area contributed by atoms with Crippen LogP contribution >= 0.6 is 0 Å². The first-order valence-electron chi connectivity index (χ1n) is 13.4. The number of hydrogen-bond donors (Lipinski definition) is 3. The second kappa shape index (κ2) is 12.5. The summed E-state index contributed by atoms with van der Waals surface area (Å²) < 4.78 is 15.6. The predicted octanol–water partition coefficient (Wildman–Crippen LogP) is 4.42. The van der Waals surface area contributed by atoms with Crippen molar-refractivity contribution >= 4 is 11.9 Å². The molecule has 0 spiro atoms. The summed E-state index contributed by atoms with van der Waals surface area (Å²) in [6.45, 7) is 5.45. The molecule has 8 nitrogen and oxygen atoms in total. The first-order chi connectivity index (χ1) is 18.6. The lowest BCUT2D eigenvalue weighted by Crippen LogP contribution is -2.30. The van der Waals surface area contributed by atoms with Gasteiger partial charge in [0, 0.05) is 31.1 Å². The molecular formula is C30H36FN3O5. The number of carboxylic acid groups (broad SMARTS) is 1. The van der Waals surface area contributed by atoms with Gasteiger partial charge in [0.05, 0.1) is 24.3 Å². The van der Waals surface area contributed by atoms with Crippen LogP contribution in [0.25, 0.3) is 11.4 Å². The Balaban J connectivity index is 1.63. The fourth-order valence-electron chi connectivity index (χ4n) is 5.34. The zero-order valence-corrected chi connectivity index (χ0v) is 22.3. The molecule has 208 valence electrons. The fourth-order valence-corrected chi connectivity index (χ4v) is 5.34. The molecule has 39 heavy (non-hydrogen) atoms. The lowest BCUT2D eigenvalue weighted by molar-refractivity contribution is -0.139. The van der Waals surface area contributed by atoms with Gasteiger partial charge in [0.2, 0.25) is 0 Å². The van der Waals surface area contributed by atoms with Gasteiger partial charge in [-0.25, -0.2) is 9.37 Å². The molecular weight excluding hydrogens is 501 g/mol. The largest absolute Gasteiger partial charge is 0.481 e. The molecule has 3 N–H and O–H groups in total. The number of nitrogens with zero attached hydrogens (tertiary/aromatic N) is 3. The molecule has 2 heterocycles. The highest BCUT2D eigenvalue weighted by Crippen LogP contribution is 2.32. The van der Waals surface area contributed by atoms with E-state index in [4.69, 9.17) is 10.1 Å². The number of imidazole rings is 1. The summed E-state index contributed by atoms with van der Waals surface area (Å²) >= 11 is 0. The van der Waals surface area contributed by atoms with Crippen molar-refractivity contribution in [2.24, 2.45) is 0 Å². The average molecular weight is 538 g/mol. The Morgan fingerprint density at radius 2 is 1.74 bits per heavy atom. The molecule has 3 aromatic rings. The van der Waals surface area contributed by atoms with E-state index in [9.17, 15) is 24.2 Å². The quantitative estimate of drug-likeness (QED) is 0.334. The number of aliphatic hydroxyl groups is 2. The highest BCUT2D eigenvalue weighted by atomic mass is 19.1. The number of benzene rings is 2. The number of aliphatic hydroxyl groups excluding tert-OH is 2. The summed E-state index contributed by atoms with van der Waals surface area (Å²) in [7, 11) is 0. The number of carbonyl (C=O) groups excluding carboxylic acids is 1. The number of carboxylic acids is 1. The Bertz CT molecular complexity index is 1280. The van der Waals surface area contributed by atoms with Crippen LogP contribution in [-0.2, 0) is 11.3 Å². The SMILES string of the molecule is CC(C)c1c(C(=O)N2CCC(c3ccccc3)C2)nc(-c2ccc(F)cc2)n1CCC(O)CC(O)CC(=O)O. The number of aromatic nitrogens is 2. The van der Waals surface area contributed by atoms with Crippen molar-refractivity contribution in [2.75, 3.05) is 13.1 Å². The van der Waals surface area contributed by atoms with Crippen molar-refractivity contribution in [1.82, 2.24) is 14.5 Å². The number of hydrogen-bond acceptors (Lipinski definition) is 5. The van der Waals surface area contributed by atoms with Crippen molar-refractivity contribution in [1.29, 1.82) is 0 Å². The van der Waals surface area contributed by atoms with Gasteiger partial charge in [0.1, 0.15) is 11.6 Å². The van der Waals surface area contributed by atoms with Gasteiger partial charge >= 0.3 is 5.97 Å². The van der Waals surface area contributed by atoms with E-state index in [-0.39, 0.29) is 42.9 Å². The maximum absolute atomic E-state index is 13.8. The maximum Gasteiger partial charge on any atom is 0.305 e. The van der Waals surface area contributed by atoms with Gasteiger partial charge in [-0.3, -0.25) is 9.59 Å². The predicted molar refractivity (Wildman–Crippen MR) is 145 cm³/mol. The van der Waals surface area contributed by atoms with Gasteiger partial charge in [0.15, 0.2) is 5.69 Å². The van der Waals surface area contributed by atoms with Crippen LogP contribution in [0.3, 0.4) is 0 Å². The number of aliphatic carboxylic acids is 1. The third-order valence-corrected chi connectivity index (χ3v) is 7.25. The summed E-state index contributed by atoms with van der Waals surface area (Å²) in [5.74, 6) is -0.999. The molecule has 4 rings (SSSR count). The highest BCUT2D eigenvalue weighted by Gasteiger charge is 2.33. The van der Waals surface area contributed by atoms with Crippen LogP contribution in [0.15, 0.2) is 54.6 Å². The van der Waals surface area contributed by atoms with E-state index < -0.39 is 24.6 Å². The van der Waals surface area contributed by atoms with Crippen LogP contribution < -0.4 is 0 Å². The standard InChI is InChI=1S/C30H36FN3O5/c1-19(2)28-27(30(39)33-14-12-22(18-33)20-6-4-3-5-7-20)32-29(21-8-10-23(31)11-9-21)34(28)15-13-24(35)16-25(36)17-26(37)38/h3-11,19,22,24-25,35-36H,12-18H2,1-2H3,(H,37,38). The molecule has 3 unspecified atom stereocenters. The van der Waals surface area contributed by atoms with Crippen LogP contribution in [0.2, 0.25) is 0 Å². The number of carbonyl (C=O) groups is 2. The third kappa shape index (κ3) is 6.91. The minimum atomic E-state index is -1.16. The summed E-state index contributed by atoms with van der Waals surface area (Å²) in [6.07, 6.45) is -1.56. The Kier molecular flexibility index (Phi) is 9.14. The Labute approximate surface area is 227 Å². The molecule has 3 atom stereocenters. The Morgan fingerprint density at radius 1 is 1.05 bits per heavy atom. The average Bonchev–Trinajstić information content (AvgIpc) is 3.53. The minimum absolute atomic E-state index is 0.0760.